The Labute approximate surface area is 157 Å². The van der Waals surface area contributed by atoms with Gasteiger partial charge in [0, 0.05) is 23.6 Å². The van der Waals surface area contributed by atoms with Crippen molar-refractivity contribution in [3.05, 3.63) is 49.8 Å². The van der Waals surface area contributed by atoms with E-state index >= 15 is 0 Å². The van der Waals surface area contributed by atoms with Crippen molar-refractivity contribution in [2.45, 2.75) is 64.5 Å². The van der Waals surface area contributed by atoms with E-state index in [-0.39, 0.29) is 16.5 Å². The number of thiazole rings is 1. The van der Waals surface area contributed by atoms with Gasteiger partial charge in [-0.1, -0.05) is 26.7 Å². The maximum absolute atomic E-state index is 11.1. The van der Waals surface area contributed by atoms with Crippen LogP contribution < -0.4 is 4.80 Å². The summed E-state index contributed by atoms with van der Waals surface area (Å²) in [5.41, 5.74) is 2.61. The van der Waals surface area contributed by atoms with Crippen molar-refractivity contribution < 1.29 is 10.0 Å². The van der Waals surface area contributed by atoms with Crippen molar-refractivity contribution in [3.8, 4) is 0 Å². The van der Waals surface area contributed by atoms with Crippen LogP contribution in [0.15, 0.2) is 28.6 Å². The van der Waals surface area contributed by atoms with Gasteiger partial charge in [-0.15, -0.1) is 11.3 Å². The number of nitro benzene ring substituents is 1. The van der Waals surface area contributed by atoms with Gasteiger partial charge in [-0.3, -0.25) is 10.1 Å². The van der Waals surface area contributed by atoms with Crippen molar-refractivity contribution in [1.82, 2.24) is 4.57 Å². The number of hydrogen-bond donors (Lipinski definition) is 1. The van der Waals surface area contributed by atoms with Crippen molar-refractivity contribution >= 4 is 22.7 Å². The standard InChI is InChI=1S/C19H25N3O3S/c1-12(2)16-10-15(22(24)25)8-9-17(16)20-19-21(14-6-4-5-7-14)18(11-26-19)13(3)23/h8-14,23H,4-7H2,1-3H3/t13-/m1/s1. The number of rotatable bonds is 5. The van der Waals surface area contributed by atoms with Gasteiger partial charge in [0.25, 0.3) is 5.69 Å². The summed E-state index contributed by atoms with van der Waals surface area (Å²) in [6.07, 6.45) is 4.04. The van der Waals surface area contributed by atoms with Gasteiger partial charge in [-0.2, -0.15) is 0 Å². The third-order valence-electron chi connectivity index (χ3n) is 4.95. The molecule has 1 fully saturated rings. The highest BCUT2D eigenvalue weighted by Crippen LogP contribution is 2.33. The summed E-state index contributed by atoms with van der Waals surface area (Å²) >= 11 is 1.52. The normalized spacial score (nSPS) is 17.2. The minimum atomic E-state index is -0.544. The van der Waals surface area contributed by atoms with Gasteiger partial charge in [0.1, 0.15) is 0 Å². The Bertz CT molecular complexity index is 861. The molecule has 0 aliphatic heterocycles. The fourth-order valence-corrected chi connectivity index (χ4v) is 4.63. The first kappa shape index (κ1) is 18.8. The Kier molecular flexibility index (Phi) is 5.58. The van der Waals surface area contributed by atoms with E-state index in [1.54, 1.807) is 19.1 Å². The number of non-ortho nitro benzene ring substituents is 1. The first-order chi connectivity index (χ1) is 12.4. The van der Waals surface area contributed by atoms with Crippen molar-refractivity contribution in [2.24, 2.45) is 4.99 Å². The summed E-state index contributed by atoms with van der Waals surface area (Å²) in [6, 6.07) is 5.22. The largest absolute Gasteiger partial charge is 0.387 e. The molecule has 0 bridgehead atoms. The molecule has 6 nitrogen and oxygen atoms in total. The van der Waals surface area contributed by atoms with Crippen LogP contribution in [0.4, 0.5) is 11.4 Å². The van der Waals surface area contributed by atoms with Crippen LogP contribution in [0.1, 0.15) is 75.8 Å². The molecule has 1 atom stereocenters. The Hall–Kier alpha value is -1.99. The predicted octanol–water partition coefficient (Wildman–Crippen LogP) is 4.98. The smallest absolute Gasteiger partial charge is 0.269 e. The molecular formula is C19H25N3O3S. The number of aromatic nitrogens is 1. The Morgan fingerprint density at radius 2 is 2.00 bits per heavy atom. The lowest BCUT2D eigenvalue weighted by atomic mass is 10.0. The molecule has 1 aromatic carbocycles. The molecule has 7 heteroatoms. The second-order valence-corrected chi connectivity index (χ2v) is 8.03. The van der Waals surface area contributed by atoms with Crippen molar-refractivity contribution in [1.29, 1.82) is 0 Å². The molecule has 1 saturated carbocycles. The molecule has 1 N–H and O–H groups in total. The second kappa shape index (κ2) is 7.72. The van der Waals surface area contributed by atoms with Crippen LogP contribution in [0.2, 0.25) is 0 Å². The zero-order valence-corrected chi connectivity index (χ0v) is 16.2. The Morgan fingerprint density at radius 1 is 1.31 bits per heavy atom. The molecule has 0 spiro atoms. The van der Waals surface area contributed by atoms with E-state index in [4.69, 9.17) is 4.99 Å². The van der Waals surface area contributed by atoms with Crippen LogP contribution in [0.25, 0.3) is 0 Å². The molecule has 1 aromatic heterocycles. The molecule has 0 radical (unpaired) electrons. The van der Waals surface area contributed by atoms with E-state index in [2.05, 4.69) is 4.57 Å². The van der Waals surface area contributed by atoms with Crippen LogP contribution in [-0.4, -0.2) is 14.6 Å². The molecule has 1 heterocycles. The average molecular weight is 375 g/mol. The minimum Gasteiger partial charge on any atom is -0.387 e. The minimum absolute atomic E-state index is 0.0900. The summed E-state index contributed by atoms with van der Waals surface area (Å²) in [5.74, 6) is 0.129. The van der Waals surface area contributed by atoms with E-state index < -0.39 is 6.10 Å². The second-order valence-electron chi connectivity index (χ2n) is 7.19. The summed E-state index contributed by atoms with van der Waals surface area (Å²) in [7, 11) is 0. The van der Waals surface area contributed by atoms with Crippen LogP contribution in [0.3, 0.4) is 0 Å². The molecule has 3 rings (SSSR count). The van der Waals surface area contributed by atoms with Gasteiger partial charge in [-0.05, 0) is 37.3 Å². The van der Waals surface area contributed by atoms with Crippen LogP contribution in [0.5, 0.6) is 0 Å². The molecule has 140 valence electrons. The molecule has 26 heavy (non-hydrogen) atoms. The monoisotopic (exact) mass is 375 g/mol. The van der Waals surface area contributed by atoms with Gasteiger partial charge >= 0.3 is 0 Å². The molecule has 2 aromatic rings. The van der Waals surface area contributed by atoms with E-state index in [1.165, 1.54) is 30.2 Å². The van der Waals surface area contributed by atoms with Crippen molar-refractivity contribution in [2.75, 3.05) is 0 Å². The molecule has 0 unspecified atom stereocenters. The third kappa shape index (κ3) is 3.73. The highest BCUT2D eigenvalue weighted by Gasteiger charge is 2.23. The van der Waals surface area contributed by atoms with E-state index in [9.17, 15) is 15.2 Å². The number of nitro groups is 1. The van der Waals surface area contributed by atoms with E-state index in [0.717, 1.165) is 34.6 Å². The van der Waals surface area contributed by atoms with Gasteiger partial charge < -0.3 is 9.67 Å². The topological polar surface area (TPSA) is 80.7 Å². The van der Waals surface area contributed by atoms with Crippen LogP contribution >= 0.6 is 11.3 Å². The lowest BCUT2D eigenvalue weighted by Gasteiger charge is -2.17. The zero-order chi connectivity index (χ0) is 18.8. The number of benzene rings is 1. The molecule has 1 aliphatic carbocycles. The number of aliphatic hydroxyl groups excluding tert-OH is 1. The van der Waals surface area contributed by atoms with Gasteiger partial charge in [0.2, 0.25) is 0 Å². The number of nitrogens with zero attached hydrogens (tertiary/aromatic N) is 3. The maximum Gasteiger partial charge on any atom is 0.269 e. The SMILES string of the molecule is CC(C)c1cc([N+](=O)[O-])ccc1N=c1scc([C@@H](C)O)n1C1CCCC1. The molecule has 0 amide bonds. The first-order valence-electron chi connectivity index (χ1n) is 9.09. The Balaban J connectivity index is 2.14. The van der Waals surface area contributed by atoms with Gasteiger partial charge in [0.05, 0.1) is 22.4 Å². The van der Waals surface area contributed by atoms with E-state index in [1.807, 2.05) is 19.2 Å². The highest BCUT2D eigenvalue weighted by atomic mass is 32.1. The Morgan fingerprint density at radius 3 is 2.58 bits per heavy atom. The highest BCUT2D eigenvalue weighted by molar-refractivity contribution is 7.07. The van der Waals surface area contributed by atoms with Gasteiger partial charge in [0.15, 0.2) is 4.80 Å². The fraction of sp³-hybridized carbons (Fsp3) is 0.526. The lowest BCUT2D eigenvalue weighted by molar-refractivity contribution is -0.384. The summed E-state index contributed by atoms with van der Waals surface area (Å²) in [6.45, 7) is 5.81. The number of hydrogen-bond acceptors (Lipinski definition) is 5. The average Bonchev–Trinajstić information content (AvgIpc) is 3.23. The quantitative estimate of drug-likeness (QED) is 0.591. The predicted molar refractivity (Wildman–Crippen MR) is 103 cm³/mol. The van der Waals surface area contributed by atoms with E-state index in [0.29, 0.717) is 6.04 Å². The van der Waals surface area contributed by atoms with Crippen LogP contribution in [-0.2, 0) is 0 Å². The molecule has 1 aliphatic rings. The maximum atomic E-state index is 11.1. The summed E-state index contributed by atoms with van der Waals surface area (Å²) in [5, 5.41) is 23.2. The molecule has 0 saturated heterocycles. The van der Waals surface area contributed by atoms with Crippen molar-refractivity contribution in [3.63, 3.8) is 0 Å². The third-order valence-corrected chi connectivity index (χ3v) is 5.81. The molecular weight excluding hydrogens is 350 g/mol. The lowest BCUT2D eigenvalue weighted by Crippen LogP contribution is -2.22. The first-order valence-corrected chi connectivity index (χ1v) is 9.97. The zero-order valence-electron chi connectivity index (χ0n) is 15.4. The number of aliphatic hydroxyl groups is 1. The fourth-order valence-electron chi connectivity index (χ4n) is 3.57. The van der Waals surface area contributed by atoms with Crippen LogP contribution in [0, 0.1) is 10.1 Å². The summed E-state index contributed by atoms with van der Waals surface area (Å²) in [4.78, 5) is 16.4. The van der Waals surface area contributed by atoms with Gasteiger partial charge in [-0.25, -0.2) is 4.99 Å². The summed E-state index contributed by atoms with van der Waals surface area (Å²) < 4.78 is 2.17.